The fourth-order valence-corrected chi connectivity index (χ4v) is 2.59. The summed E-state index contributed by atoms with van der Waals surface area (Å²) in [5, 5.41) is 10.6. The average Bonchev–Trinajstić information content (AvgIpc) is 3.02. The zero-order chi connectivity index (χ0) is 13.2. The van der Waals surface area contributed by atoms with Crippen molar-refractivity contribution in [2.24, 2.45) is 0 Å². The van der Waals surface area contributed by atoms with Crippen LogP contribution in [0.2, 0.25) is 0 Å². The number of carbonyl (C=O) groups excluding carboxylic acids is 1. The van der Waals surface area contributed by atoms with Crippen LogP contribution in [0.4, 0.5) is 0 Å². The molecule has 0 spiro atoms. The van der Waals surface area contributed by atoms with Crippen LogP contribution in [0.15, 0.2) is 29.8 Å². The van der Waals surface area contributed by atoms with Crippen molar-refractivity contribution in [2.75, 3.05) is 0 Å². The van der Waals surface area contributed by atoms with E-state index in [1.54, 1.807) is 5.51 Å². The number of benzene rings is 1. The molecule has 0 aliphatic heterocycles. The van der Waals surface area contributed by atoms with Gasteiger partial charge >= 0.3 is 0 Å². The van der Waals surface area contributed by atoms with Gasteiger partial charge in [-0.3, -0.25) is 9.89 Å². The Hall–Kier alpha value is -2.21. The number of hydrogen-bond donors (Lipinski definition) is 2. The maximum Gasteiger partial charge on any atom is 0.272 e. The van der Waals surface area contributed by atoms with Crippen LogP contribution in [-0.2, 0) is 6.54 Å². The quantitative estimate of drug-likeness (QED) is 0.768. The first-order valence-corrected chi connectivity index (χ1v) is 6.74. The van der Waals surface area contributed by atoms with Crippen molar-refractivity contribution in [3.8, 4) is 0 Å². The van der Waals surface area contributed by atoms with E-state index in [2.05, 4.69) is 20.5 Å². The number of amides is 1. The van der Waals surface area contributed by atoms with Crippen LogP contribution in [0, 0.1) is 6.92 Å². The highest BCUT2D eigenvalue weighted by Gasteiger charge is 2.13. The molecule has 96 valence electrons. The van der Waals surface area contributed by atoms with Gasteiger partial charge in [0.15, 0.2) is 5.69 Å². The Balaban J connectivity index is 1.79. The summed E-state index contributed by atoms with van der Waals surface area (Å²) in [4.78, 5) is 17.3. The number of para-hydroxylation sites is 1. The normalized spacial score (nSPS) is 10.8. The first kappa shape index (κ1) is 11.9. The van der Waals surface area contributed by atoms with Gasteiger partial charge in [0.1, 0.15) is 0 Å². The van der Waals surface area contributed by atoms with Crippen LogP contribution in [-0.4, -0.2) is 21.1 Å². The van der Waals surface area contributed by atoms with E-state index in [0.717, 1.165) is 21.5 Å². The standard InChI is InChI=1S/C13H12N4OS/c1-8-11(19-7-15-8)6-14-13(18)12-9-4-2-3-5-10(9)16-17-12/h2-5,7H,6H2,1H3,(H,14,18)(H,16,17). The van der Waals surface area contributed by atoms with Gasteiger partial charge in [-0.15, -0.1) is 11.3 Å². The molecule has 0 bridgehead atoms. The number of aryl methyl sites for hydroxylation is 1. The Labute approximate surface area is 113 Å². The minimum Gasteiger partial charge on any atom is -0.346 e. The van der Waals surface area contributed by atoms with E-state index >= 15 is 0 Å². The number of nitrogens with zero attached hydrogens (tertiary/aromatic N) is 2. The molecule has 0 radical (unpaired) electrons. The van der Waals surface area contributed by atoms with E-state index in [-0.39, 0.29) is 5.91 Å². The summed E-state index contributed by atoms with van der Waals surface area (Å²) < 4.78 is 0. The van der Waals surface area contributed by atoms with Crippen LogP contribution in [0.5, 0.6) is 0 Å². The highest BCUT2D eigenvalue weighted by molar-refractivity contribution is 7.09. The van der Waals surface area contributed by atoms with Gasteiger partial charge in [-0.05, 0) is 13.0 Å². The summed E-state index contributed by atoms with van der Waals surface area (Å²) >= 11 is 1.54. The van der Waals surface area contributed by atoms with Crippen molar-refractivity contribution >= 4 is 28.1 Å². The molecule has 1 amide bonds. The van der Waals surface area contributed by atoms with Crippen molar-refractivity contribution < 1.29 is 4.79 Å². The maximum atomic E-state index is 12.1. The summed E-state index contributed by atoms with van der Waals surface area (Å²) in [5.74, 6) is -0.176. The predicted molar refractivity (Wildman–Crippen MR) is 74.1 cm³/mol. The molecule has 19 heavy (non-hydrogen) atoms. The molecule has 3 aromatic rings. The van der Waals surface area contributed by atoms with Crippen molar-refractivity contribution in [1.82, 2.24) is 20.5 Å². The maximum absolute atomic E-state index is 12.1. The van der Waals surface area contributed by atoms with E-state index in [1.165, 1.54) is 11.3 Å². The lowest BCUT2D eigenvalue weighted by Crippen LogP contribution is -2.23. The fraction of sp³-hybridized carbons (Fsp3) is 0.154. The minimum absolute atomic E-state index is 0.176. The summed E-state index contributed by atoms with van der Waals surface area (Å²) in [5.41, 5.74) is 4.03. The summed E-state index contributed by atoms with van der Waals surface area (Å²) in [6, 6.07) is 7.57. The van der Waals surface area contributed by atoms with Gasteiger partial charge in [-0.25, -0.2) is 4.98 Å². The van der Waals surface area contributed by atoms with Crippen LogP contribution in [0.3, 0.4) is 0 Å². The lowest BCUT2D eigenvalue weighted by molar-refractivity contribution is 0.0948. The number of hydrogen-bond acceptors (Lipinski definition) is 4. The van der Waals surface area contributed by atoms with E-state index in [4.69, 9.17) is 0 Å². The third-order valence-corrected chi connectivity index (χ3v) is 3.87. The zero-order valence-electron chi connectivity index (χ0n) is 10.3. The second-order valence-corrected chi connectivity index (χ2v) is 5.10. The molecule has 0 fully saturated rings. The second kappa shape index (κ2) is 4.81. The van der Waals surface area contributed by atoms with Crippen LogP contribution in [0.1, 0.15) is 21.1 Å². The van der Waals surface area contributed by atoms with Gasteiger partial charge in [0, 0.05) is 10.3 Å². The number of nitrogens with one attached hydrogen (secondary N) is 2. The first-order chi connectivity index (χ1) is 9.25. The fourth-order valence-electron chi connectivity index (χ4n) is 1.88. The molecule has 0 atom stereocenters. The number of H-pyrrole nitrogens is 1. The van der Waals surface area contributed by atoms with Crippen molar-refractivity contribution in [3.63, 3.8) is 0 Å². The molecule has 2 aromatic heterocycles. The lowest BCUT2D eigenvalue weighted by Gasteiger charge is -2.02. The number of aromatic nitrogens is 3. The monoisotopic (exact) mass is 272 g/mol. The molecule has 0 saturated heterocycles. The number of thiazole rings is 1. The Kier molecular flexibility index (Phi) is 3.00. The average molecular weight is 272 g/mol. The van der Waals surface area contributed by atoms with Gasteiger partial charge in [-0.2, -0.15) is 5.10 Å². The molecule has 2 N–H and O–H groups in total. The van der Waals surface area contributed by atoms with Gasteiger partial charge in [0.05, 0.1) is 23.3 Å². The molecule has 0 unspecified atom stereocenters. The van der Waals surface area contributed by atoms with Crippen LogP contribution < -0.4 is 5.32 Å². The van der Waals surface area contributed by atoms with Gasteiger partial charge in [0.25, 0.3) is 5.91 Å². The molecular formula is C13H12N4OS. The third kappa shape index (κ3) is 2.22. The van der Waals surface area contributed by atoms with Crippen molar-refractivity contribution in [1.29, 1.82) is 0 Å². The number of rotatable bonds is 3. The highest BCUT2D eigenvalue weighted by Crippen LogP contribution is 2.16. The predicted octanol–water partition coefficient (Wildman–Crippen LogP) is 2.26. The zero-order valence-corrected chi connectivity index (χ0v) is 11.1. The second-order valence-electron chi connectivity index (χ2n) is 4.16. The number of fused-ring (bicyclic) bond motifs is 1. The molecule has 2 heterocycles. The molecule has 0 aliphatic carbocycles. The smallest absolute Gasteiger partial charge is 0.272 e. The summed E-state index contributed by atoms with van der Waals surface area (Å²) in [6.07, 6.45) is 0. The topological polar surface area (TPSA) is 70.7 Å². The van der Waals surface area contributed by atoms with E-state index < -0.39 is 0 Å². The SMILES string of the molecule is Cc1ncsc1CNC(=O)c1n[nH]c2ccccc12. The summed E-state index contributed by atoms with van der Waals surface area (Å²) in [7, 11) is 0. The third-order valence-electron chi connectivity index (χ3n) is 2.94. The molecule has 3 rings (SSSR count). The van der Waals surface area contributed by atoms with E-state index in [0.29, 0.717) is 12.2 Å². The number of aromatic amines is 1. The van der Waals surface area contributed by atoms with Crippen molar-refractivity contribution in [2.45, 2.75) is 13.5 Å². The van der Waals surface area contributed by atoms with Crippen LogP contribution in [0.25, 0.3) is 10.9 Å². The van der Waals surface area contributed by atoms with E-state index in [9.17, 15) is 4.79 Å². The highest BCUT2D eigenvalue weighted by atomic mass is 32.1. The Morgan fingerprint density at radius 1 is 1.42 bits per heavy atom. The Bertz CT molecular complexity index is 731. The largest absolute Gasteiger partial charge is 0.346 e. The molecule has 5 nitrogen and oxygen atoms in total. The first-order valence-electron chi connectivity index (χ1n) is 5.86. The molecule has 6 heteroatoms. The van der Waals surface area contributed by atoms with Gasteiger partial charge < -0.3 is 5.32 Å². The molecule has 1 aromatic carbocycles. The molecule has 0 saturated carbocycles. The molecular weight excluding hydrogens is 260 g/mol. The summed E-state index contributed by atoms with van der Waals surface area (Å²) in [6.45, 7) is 2.42. The lowest BCUT2D eigenvalue weighted by atomic mass is 10.2. The minimum atomic E-state index is -0.176. The number of carbonyl (C=O) groups is 1. The Morgan fingerprint density at radius 3 is 3.05 bits per heavy atom. The Morgan fingerprint density at radius 2 is 2.26 bits per heavy atom. The van der Waals surface area contributed by atoms with E-state index in [1.807, 2.05) is 31.2 Å². The van der Waals surface area contributed by atoms with Gasteiger partial charge in [-0.1, -0.05) is 18.2 Å². The van der Waals surface area contributed by atoms with Gasteiger partial charge in [0.2, 0.25) is 0 Å². The molecule has 0 aliphatic rings. The van der Waals surface area contributed by atoms with Crippen molar-refractivity contribution in [3.05, 3.63) is 46.0 Å². The van der Waals surface area contributed by atoms with Crippen LogP contribution >= 0.6 is 11.3 Å².